The smallest absolute Gasteiger partial charge is 0.332 e. The topological polar surface area (TPSA) is 83.0 Å². The minimum absolute atomic E-state index is 0.0472. The van der Waals surface area contributed by atoms with E-state index in [1.165, 1.54) is 6.08 Å². The number of amides is 1. The molecule has 0 radical (unpaired) electrons. The van der Waals surface area contributed by atoms with E-state index in [4.69, 9.17) is 4.74 Å². The van der Waals surface area contributed by atoms with E-state index in [-0.39, 0.29) is 17.7 Å². The van der Waals surface area contributed by atoms with Crippen LogP contribution in [-0.2, 0) is 9.59 Å². The molecule has 1 aromatic heterocycles. The molecule has 1 aromatic carbocycles. The van der Waals surface area contributed by atoms with E-state index in [0.29, 0.717) is 36.7 Å². The van der Waals surface area contributed by atoms with Crippen molar-refractivity contribution in [2.45, 2.75) is 25.7 Å². The number of hydrogen-bond acceptors (Lipinski definition) is 5. The van der Waals surface area contributed by atoms with E-state index in [1.54, 1.807) is 23.2 Å². The summed E-state index contributed by atoms with van der Waals surface area (Å²) in [5.74, 6) is 0.204. The number of carbonyl (C=O) groups excluding carboxylic acids is 1. The maximum Gasteiger partial charge on any atom is 0.332 e. The van der Waals surface area contributed by atoms with Crippen LogP contribution >= 0.6 is 0 Å². The maximum atomic E-state index is 12.2. The number of hydrogen-bond donors (Lipinski definition) is 1. The predicted molar refractivity (Wildman–Crippen MR) is 134 cm³/mol. The second-order valence-corrected chi connectivity index (χ2v) is 8.91. The first-order valence-electron chi connectivity index (χ1n) is 12.0. The number of piperazine rings is 1. The van der Waals surface area contributed by atoms with Crippen molar-refractivity contribution in [1.82, 2.24) is 14.8 Å². The van der Waals surface area contributed by atoms with Crippen molar-refractivity contribution in [2.75, 3.05) is 26.2 Å². The molecule has 0 spiro atoms. The molecule has 1 fully saturated rings. The van der Waals surface area contributed by atoms with Crippen LogP contribution in [0.1, 0.15) is 31.2 Å². The van der Waals surface area contributed by atoms with E-state index >= 15 is 0 Å². The molecule has 7 nitrogen and oxygen atoms in total. The van der Waals surface area contributed by atoms with Crippen LogP contribution in [0.25, 0.3) is 0 Å². The Hall–Kier alpha value is -3.87. The van der Waals surface area contributed by atoms with Gasteiger partial charge in [0.15, 0.2) is 0 Å². The number of carboxylic acid groups (broad SMARTS) is 1. The number of carboxylic acids is 1. The average molecular weight is 474 g/mol. The summed E-state index contributed by atoms with van der Waals surface area (Å²) in [6.07, 6.45) is 8.30. The van der Waals surface area contributed by atoms with E-state index in [9.17, 15) is 14.7 Å². The number of carbonyl (C=O) groups is 2. The van der Waals surface area contributed by atoms with Crippen molar-refractivity contribution in [3.63, 3.8) is 0 Å². The molecule has 1 unspecified atom stereocenters. The molecule has 2 atom stereocenters. The molecular formula is C28H31N3O4. The van der Waals surface area contributed by atoms with Crippen LogP contribution in [0.3, 0.4) is 0 Å². The minimum atomic E-state index is -0.925. The van der Waals surface area contributed by atoms with E-state index in [1.807, 2.05) is 42.5 Å². The normalized spacial score (nSPS) is 20.7. The zero-order chi connectivity index (χ0) is 24.8. The van der Waals surface area contributed by atoms with Crippen LogP contribution in [-0.4, -0.2) is 57.9 Å². The molecule has 1 aliphatic heterocycles. The number of nitrogens with zero attached hydrogens (tertiary/aromatic N) is 3. The van der Waals surface area contributed by atoms with Crippen LogP contribution in [0.4, 0.5) is 0 Å². The van der Waals surface area contributed by atoms with Gasteiger partial charge in [0.2, 0.25) is 11.8 Å². The van der Waals surface area contributed by atoms with Gasteiger partial charge in [0.05, 0.1) is 0 Å². The van der Waals surface area contributed by atoms with Crippen molar-refractivity contribution < 1.29 is 19.4 Å². The van der Waals surface area contributed by atoms with Gasteiger partial charge in [-0.2, -0.15) is 0 Å². The van der Waals surface area contributed by atoms with Crippen molar-refractivity contribution >= 4 is 11.9 Å². The number of benzene rings is 1. The molecule has 1 N–H and O–H groups in total. The van der Waals surface area contributed by atoms with Gasteiger partial charge >= 0.3 is 5.97 Å². The second kappa shape index (κ2) is 11.0. The SMILES string of the molecule is C=CC(=O)N1CCN(C2=CC=C(C(=O)O)C(c3ccc(Oc4ccccc4)nc3)CC[C@@H]2C)CC1. The summed E-state index contributed by atoms with van der Waals surface area (Å²) in [5.41, 5.74) is 2.34. The molecule has 7 heteroatoms. The summed E-state index contributed by atoms with van der Waals surface area (Å²) in [7, 11) is 0. The van der Waals surface area contributed by atoms with Crippen molar-refractivity contribution in [3.8, 4) is 11.6 Å². The molecule has 0 bridgehead atoms. The summed E-state index contributed by atoms with van der Waals surface area (Å²) in [4.78, 5) is 32.6. The summed E-state index contributed by atoms with van der Waals surface area (Å²) in [6.45, 7) is 8.47. The number of ether oxygens (including phenoxy) is 1. The highest BCUT2D eigenvalue weighted by molar-refractivity contribution is 5.89. The molecule has 2 heterocycles. The third-order valence-corrected chi connectivity index (χ3v) is 6.71. The third-order valence-electron chi connectivity index (χ3n) is 6.71. The molecule has 35 heavy (non-hydrogen) atoms. The summed E-state index contributed by atoms with van der Waals surface area (Å²) >= 11 is 0. The largest absolute Gasteiger partial charge is 0.478 e. The standard InChI is InChI=1S/C28H31N3O4/c1-3-27(32)31-17-15-30(16-18-31)25-13-12-24(28(33)34)23(11-9-20(25)2)21-10-14-26(29-19-21)35-22-7-5-4-6-8-22/h3-8,10,12-14,19-20,23H,1,9,11,15-18H2,2H3,(H,33,34)/t20-,23?/m0/s1. The van der Waals surface area contributed by atoms with Gasteiger partial charge in [-0.05, 0) is 54.7 Å². The van der Waals surface area contributed by atoms with Crippen molar-refractivity contribution in [1.29, 1.82) is 0 Å². The Morgan fingerprint density at radius 3 is 2.43 bits per heavy atom. The first-order valence-corrected chi connectivity index (χ1v) is 12.0. The average Bonchev–Trinajstić information content (AvgIpc) is 2.87. The first kappa shape index (κ1) is 24.3. The van der Waals surface area contributed by atoms with E-state index in [2.05, 4.69) is 23.4 Å². The van der Waals surface area contributed by atoms with Crippen LogP contribution in [0.2, 0.25) is 0 Å². The lowest BCUT2D eigenvalue weighted by molar-refractivity contribution is -0.133. The molecule has 1 saturated heterocycles. The van der Waals surface area contributed by atoms with Gasteiger partial charge in [0.1, 0.15) is 5.75 Å². The zero-order valence-electron chi connectivity index (χ0n) is 20.0. The number of aliphatic carboxylic acids is 1. The van der Waals surface area contributed by atoms with E-state index < -0.39 is 5.97 Å². The third kappa shape index (κ3) is 5.80. The quantitative estimate of drug-likeness (QED) is 0.617. The van der Waals surface area contributed by atoms with Crippen LogP contribution < -0.4 is 4.74 Å². The van der Waals surface area contributed by atoms with Crippen LogP contribution in [0, 0.1) is 5.92 Å². The maximum absolute atomic E-state index is 12.2. The molecule has 182 valence electrons. The Balaban J connectivity index is 1.53. The highest BCUT2D eigenvalue weighted by Crippen LogP contribution is 2.36. The first-order chi connectivity index (χ1) is 17.0. The van der Waals surface area contributed by atoms with Crippen molar-refractivity contribution in [3.05, 3.63) is 90.3 Å². The Kier molecular flexibility index (Phi) is 7.65. The Labute approximate surface area is 206 Å². The second-order valence-electron chi connectivity index (χ2n) is 8.91. The fraction of sp³-hybridized carbons (Fsp3) is 0.321. The van der Waals surface area contributed by atoms with Gasteiger partial charge < -0.3 is 19.6 Å². The summed E-state index contributed by atoms with van der Waals surface area (Å²) < 4.78 is 5.78. The molecular weight excluding hydrogens is 442 g/mol. The molecule has 1 amide bonds. The highest BCUT2D eigenvalue weighted by atomic mass is 16.5. The predicted octanol–water partition coefficient (Wildman–Crippen LogP) is 4.61. The van der Waals surface area contributed by atoms with Gasteiger partial charge in [0.25, 0.3) is 0 Å². The molecule has 4 rings (SSSR count). The van der Waals surface area contributed by atoms with Gasteiger partial charge in [-0.1, -0.05) is 37.8 Å². The van der Waals surface area contributed by atoms with Crippen LogP contribution in [0.5, 0.6) is 11.6 Å². The number of allylic oxidation sites excluding steroid dienone is 3. The zero-order valence-corrected chi connectivity index (χ0v) is 20.0. The lowest BCUT2D eigenvalue weighted by Crippen LogP contribution is -2.48. The number of rotatable bonds is 6. The number of aromatic nitrogens is 1. The lowest BCUT2D eigenvalue weighted by atomic mass is 9.82. The molecule has 0 saturated carbocycles. The lowest BCUT2D eigenvalue weighted by Gasteiger charge is -2.39. The van der Waals surface area contributed by atoms with Gasteiger partial charge in [-0.25, -0.2) is 9.78 Å². The molecule has 2 aliphatic rings. The number of para-hydroxylation sites is 1. The van der Waals surface area contributed by atoms with Gasteiger partial charge in [0, 0.05) is 55.6 Å². The minimum Gasteiger partial charge on any atom is -0.478 e. The highest BCUT2D eigenvalue weighted by Gasteiger charge is 2.28. The monoisotopic (exact) mass is 473 g/mol. The van der Waals surface area contributed by atoms with E-state index in [0.717, 1.165) is 30.8 Å². The number of pyridine rings is 1. The fourth-order valence-corrected chi connectivity index (χ4v) is 4.74. The molecule has 1 aliphatic carbocycles. The summed E-state index contributed by atoms with van der Waals surface area (Å²) in [6, 6.07) is 13.1. The fourth-order valence-electron chi connectivity index (χ4n) is 4.74. The van der Waals surface area contributed by atoms with Gasteiger partial charge in [-0.3, -0.25) is 4.79 Å². The van der Waals surface area contributed by atoms with Gasteiger partial charge in [-0.15, -0.1) is 0 Å². The summed E-state index contributed by atoms with van der Waals surface area (Å²) in [5, 5.41) is 10.0. The Morgan fingerprint density at radius 2 is 1.80 bits per heavy atom. The van der Waals surface area contributed by atoms with Crippen molar-refractivity contribution in [2.24, 2.45) is 5.92 Å². The van der Waals surface area contributed by atoms with Crippen LogP contribution in [0.15, 0.2) is 84.7 Å². The molecule has 2 aromatic rings. The Morgan fingerprint density at radius 1 is 1.06 bits per heavy atom. The Bertz CT molecular complexity index is 1120.